The second-order valence-corrected chi connectivity index (χ2v) is 11.0. The average molecular weight is 435 g/mol. The molecule has 2 aromatic rings. The molecule has 2 aromatic heterocycles. The normalized spacial score (nSPS) is 19.7. The Labute approximate surface area is 185 Å². The van der Waals surface area contributed by atoms with Gasteiger partial charge in [-0.25, -0.2) is 4.79 Å². The minimum absolute atomic E-state index is 0.103. The molecule has 1 fully saturated rings. The van der Waals surface area contributed by atoms with Gasteiger partial charge >= 0.3 is 5.97 Å². The first-order chi connectivity index (χ1) is 14.2. The van der Waals surface area contributed by atoms with E-state index < -0.39 is 0 Å². The maximum Gasteiger partial charge on any atom is 0.348 e. The van der Waals surface area contributed by atoms with Crippen LogP contribution in [0.25, 0.3) is 9.40 Å². The Morgan fingerprint density at radius 3 is 2.31 bits per heavy atom. The largest absolute Gasteiger partial charge is 0.458 e. The standard InChI is InChI=1S/C25H38O2S2/c1-3-5-7-8-10-11-19-13-15-20(16-14-19)27-25(26)24-18-23-22(29-24)17-21(28-23)12-9-6-4-2/h17-20H,3-16H2,1-2H3/t19-,20-. The van der Waals surface area contributed by atoms with E-state index in [1.165, 1.54) is 91.3 Å². The Morgan fingerprint density at radius 2 is 1.59 bits per heavy atom. The summed E-state index contributed by atoms with van der Waals surface area (Å²) >= 11 is 3.46. The van der Waals surface area contributed by atoms with Crippen molar-refractivity contribution < 1.29 is 9.53 Å². The monoisotopic (exact) mass is 434 g/mol. The molecule has 0 bridgehead atoms. The van der Waals surface area contributed by atoms with Crippen molar-refractivity contribution >= 4 is 38.0 Å². The predicted molar refractivity (Wildman–Crippen MR) is 127 cm³/mol. The average Bonchev–Trinajstić information content (AvgIpc) is 3.28. The van der Waals surface area contributed by atoms with E-state index in [4.69, 9.17) is 4.74 Å². The number of carbonyl (C=O) groups is 1. The molecule has 0 unspecified atom stereocenters. The van der Waals surface area contributed by atoms with Gasteiger partial charge in [0.25, 0.3) is 0 Å². The van der Waals surface area contributed by atoms with E-state index >= 15 is 0 Å². The molecule has 0 amide bonds. The molecule has 29 heavy (non-hydrogen) atoms. The highest BCUT2D eigenvalue weighted by Gasteiger charge is 2.25. The fourth-order valence-electron chi connectivity index (χ4n) is 4.44. The maximum atomic E-state index is 12.6. The zero-order valence-electron chi connectivity index (χ0n) is 18.3. The molecular weight excluding hydrogens is 396 g/mol. The van der Waals surface area contributed by atoms with Crippen molar-refractivity contribution in [3.8, 4) is 0 Å². The van der Waals surface area contributed by atoms with Gasteiger partial charge in [-0.1, -0.05) is 65.2 Å². The van der Waals surface area contributed by atoms with Crippen molar-refractivity contribution in [1.29, 1.82) is 0 Å². The summed E-state index contributed by atoms with van der Waals surface area (Å²) in [4.78, 5) is 14.9. The van der Waals surface area contributed by atoms with E-state index in [1.54, 1.807) is 11.3 Å². The lowest BCUT2D eigenvalue weighted by Gasteiger charge is -2.28. The smallest absolute Gasteiger partial charge is 0.348 e. The summed E-state index contributed by atoms with van der Waals surface area (Å²) in [5.74, 6) is 0.749. The minimum Gasteiger partial charge on any atom is -0.458 e. The molecule has 0 saturated heterocycles. The third-order valence-electron chi connectivity index (χ3n) is 6.27. The van der Waals surface area contributed by atoms with Crippen molar-refractivity contribution in [2.24, 2.45) is 5.92 Å². The van der Waals surface area contributed by atoms with Crippen molar-refractivity contribution in [2.45, 2.75) is 110 Å². The van der Waals surface area contributed by atoms with Crippen molar-refractivity contribution in [2.75, 3.05) is 0 Å². The van der Waals surface area contributed by atoms with Crippen LogP contribution in [-0.2, 0) is 11.2 Å². The van der Waals surface area contributed by atoms with Gasteiger partial charge in [-0.15, -0.1) is 22.7 Å². The van der Waals surface area contributed by atoms with Gasteiger partial charge in [0.2, 0.25) is 0 Å². The fraction of sp³-hybridized carbons (Fsp3) is 0.720. The number of hydrogen-bond donors (Lipinski definition) is 0. The van der Waals surface area contributed by atoms with Crippen molar-refractivity contribution in [1.82, 2.24) is 0 Å². The number of hydrogen-bond acceptors (Lipinski definition) is 4. The molecule has 0 aromatic carbocycles. The topological polar surface area (TPSA) is 26.3 Å². The van der Waals surface area contributed by atoms with Crippen LogP contribution >= 0.6 is 22.7 Å². The van der Waals surface area contributed by atoms with Gasteiger partial charge in [0.15, 0.2) is 0 Å². The molecule has 1 aliphatic carbocycles. The summed E-state index contributed by atoms with van der Waals surface area (Å²) < 4.78 is 8.37. The van der Waals surface area contributed by atoms with Gasteiger partial charge < -0.3 is 4.74 Å². The number of aryl methyl sites for hydroxylation is 1. The van der Waals surface area contributed by atoms with Crippen LogP contribution in [0.4, 0.5) is 0 Å². The van der Waals surface area contributed by atoms with Crippen LogP contribution in [0.2, 0.25) is 0 Å². The lowest BCUT2D eigenvalue weighted by molar-refractivity contribution is 0.0166. The van der Waals surface area contributed by atoms with E-state index in [-0.39, 0.29) is 12.1 Å². The lowest BCUT2D eigenvalue weighted by Crippen LogP contribution is -2.24. The van der Waals surface area contributed by atoms with Gasteiger partial charge in [-0.3, -0.25) is 0 Å². The fourth-order valence-corrected chi connectivity index (χ4v) is 6.79. The Bertz CT molecular complexity index is 706. The highest BCUT2D eigenvalue weighted by atomic mass is 32.1. The summed E-state index contributed by atoms with van der Waals surface area (Å²) in [5, 5.41) is 0. The number of rotatable bonds is 12. The minimum atomic E-state index is -0.103. The van der Waals surface area contributed by atoms with Gasteiger partial charge in [0.1, 0.15) is 11.0 Å². The van der Waals surface area contributed by atoms with E-state index in [1.807, 2.05) is 11.3 Å². The first kappa shape index (κ1) is 22.8. The molecule has 2 nitrogen and oxygen atoms in total. The third kappa shape index (κ3) is 7.10. The van der Waals surface area contributed by atoms with Crippen LogP contribution in [0.3, 0.4) is 0 Å². The number of esters is 1. The zero-order chi connectivity index (χ0) is 20.5. The Balaban J connectivity index is 1.39. The number of thiophene rings is 2. The van der Waals surface area contributed by atoms with E-state index in [9.17, 15) is 4.79 Å². The van der Waals surface area contributed by atoms with E-state index in [0.717, 1.165) is 23.6 Å². The lowest BCUT2D eigenvalue weighted by atomic mass is 9.84. The van der Waals surface area contributed by atoms with Crippen molar-refractivity contribution in [3.63, 3.8) is 0 Å². The molecule has 4 heteroatoms. The quantitative estimate of drug-likeness (QED) is 0.246. The van der Waals surface area contributed by atoms with E-state index in [2.05, 4.69) is 26.0 Å². The number of unbranched alkanes of at least 4 members (excludes halogenated alkanes) is 6. The summed E-state index contributed by atoms with van der Waals surface area (Å²) in [6.45, 7) is 4.51. The van der Waals surface area contributed by atoms with Gasteiger partial charge in [0, 0.05) is 14.3 Å². The van der Waals surface area contributed by atoms with Crippen molar-refractivity contribution in [3.05, 3.63) is 21.9 Å². The molecular formula is C25H38O2S2. The first-order valence-corrected chi connectivity index (χ1v) is 13.6. The van der Waals surface area contributed by atoms with Crippen LogP contribution in [0.1, 0.15) is 112 Å². The molecule has 1 saturated carbocycles. The van der Waals surface area contributed by atoms with Gasteiger partial charge in [0.05, 0.1) is 0 Å². The second kappa shape index (κ2) is 12.1. The van der Waals surface area contributed by atoms with Crippen LogP contribution < -0.4 is 0 Å². The molecule has 0 aliphatic heterocycles. The highest BCUT2D eigenvalue weighted by molar-refractivity contribution is 7.28. The Hall–Kier alpha value is -0.870. The SMILES string of the molecule is CCCCCCC[C@H]1CC[C@H](OC(=O)c2cc3sc(CCCCC)cc3s2)CC1. The highest BCUT2D eigenvalue weighted by Crippen LogP contribution is 2.35. The maximum absolute atomic E-state index is 12.6. The Kier molecular flexibility index (Phi) is 9.51. The van der Waals surface area contributed by atoms with Gasteiger partial charge in [-0.2, -0.15) is 0 Å². The predicted octanol–water partition coefficient (Wildman–Crippen LogP) is 8.77. The van der Waals surface area contributed by atoms with Crippen LogP contribution in [0, 0.1) is 5.92 Å². The third-order valence-corrected chi connectivity index (χ3v) is 8.60. The zero-order valence-corrected chi connectivity index (χ0v) is 20.0. The van der Waals surface area contributed by atoms with E-state index in [0.29, 0.717) is 0 Å². The van der Waals surface area contributed by atoms with Crippen LogP contribution in [0.15, 0.2) is 12.1 Å². The molecule has 162 valence electrons. The number of carbonyl (C=O) groups excluding carboxylic acids is 1. The summed E-state index contributed by atoms with van der Waals surface area (Å²) in [5.41, 5.74) is 0. The summed E-state index contributed by atoms with van der Waals surface area (Å²) in [6, 6.07) is 4.33. The van der Waals surface area contributed by atoms with Gasteiger partial charge in [-0.05, 0) is 56.6 Å². The molecule has 0 spiro atoms. The number of fused-ring (bicyclic) bond motifs is 1. The number of ether oxygens (including phenoxy) is 1. The Morgan fingerprint density at radius 1 is 0.897 bits per heavy atom. The molecule has 0 atom stereocenters. The first-order valence-electron chi connectivity index (χ1n) is 11.9. The molecule has 0 radical (unpaired) electrons. The molecule has 1 aliphatic rings. The molecule has 0 N–H and O–H groups in total. The molecule has 3 rings (SSSR count). The summed E-state index contributed by atoms with van der Waals surface area (Å²) in [6.07, 6.45) is 17.9. The van der Waals surface area contributed by atoms with Crippen LogP contribution in [-0.4, -0.2) is 12.1 Å². The van der Waals surface area contributed by atoms with Crippen LogP contribution in [0.5, 0.6) is 0 Å². The molecule has 2 heterocycles. The second-order valence-electron chi connectivity index (χ2n) is 8.76. The summed E-state index contributed by atoms with van der Waals surface area (Å²) in [7, 11) is 0.